The average Bonchev–Trinajstić information content (AvgIpc) is 3.50. The van der Waals surface area contributed by atoms with Gasteiger partial charge in [-0.1, -0.05) is 18.2 Å². The van der Waals surface area contributed by atoms with Crippen LogP contribution in [0.25, 0.3) is 5.82 Å². The average molecular weight is 405 g/mol. The van der Waals surface area contributed by atoms with Crippen molar-refractivity contribution in [1.29, 1.82) is 0 Å². The van der Waals surface area contributed by atoms with Crippen LogP contribution in [0.5, 0.6) is 5.75 Å². The van der Waals surface area contributed by atoms with Gasteiger partial charge in [-0.15, -0.1) is 0 Å². The minimum Gasteiger partial charge on any atom is -0.497 e. The summed E-state index contributed by atoms with van der Waals surface area (Å²) in [5, 5.41) is 3.44. The fourth-order valence-electron chi connectivity index (χ4n) is 3.75. The van der Waals surface area contributed by atoms with E-state index >= 15 is 0 Å². The Bertz CT molecular complexity index is 950. The molecule has 1 aromatic carbocycles. The molecule has 7 nitrogen and oxygen atoms in total. The first-order valence-corrected chi connectivity index (χ1v) is 10.4. The second-order valence-corrected chi connectivity index (χ2v) is 7.37. The molecule has 0 amide bonds. The predicted octanol–water partition coefficient (Wildman–Crippen LogP) is 3.23. The van der Waals surface area contributed by atoms with Crippen molar-refractivity contribution < 1.29 is 4.74 Å². The lowest BCUT2D eigenvalue weighted by molar-refractivity contribution is 0.414. The van der Waals surface area contributed by atoms with E-state index in [4.69, 9.17) is 9.73 Å². The molecule has 1 fully saturated rings. The summed E-state index contributed by atoms with van der Waals surface area (Å²) in [5.41, 5.74) is 2.44. The van der Waals surface area contributed by atoms with Gasteiger partial charge in [-0.2, -0.15) is 0 Å². The predicted molar refractivity (Wildman–Crippen MR) is 118 cm³/mol. The fraction of sp³-hybridized carbons (Fsp3) is 0.348. The number of hydrogen-bond donors (Lipinski definition) is 1. The molecule has 0 spiro atoms. The molecule has 1 aliphatic rings. The zero-order valence-corrected chi connectivity index (χ0v) is 17.5. The van der Waals surface area contributed by atoms with E-state index in [0.29, 0.717) is 12.5 Å². The lowest BCUT2D eigenvalue weighted by Crippen LogP contribution is -2.40. The van der Waals surface area contributed by atoms with Crippen molar-refractivity contribution in [3.05, 3.63) is 72.4 Å². The molecular formula is C23H28N6O. The van der Waals surface area contributed by atoms with E-state index in [1.807, 2.05) is 35.2 Å². The van der Waals surface area contributed by atoms with Gasteiger partial charge in [0.05, 0.1) is 13.7 Å². The monoisotopic (exact) mass is 404 g/mol. The van der Waals surface area contributed by atoms with Crippen molar-refractivity contribution in [2.24, 2.45) is 4.99 Å². The summed E-state index contributed by atoms with van der Waals surface area (Å²) in [6.45, 7) is 5.52. The number of aromatic nitrogens is 3. The lowest BCUT2D eigenvalue weighted by Gasteiger charge is -2.22. The van der Waals surface area contributed by atoms with E-state index in [-0.39, 0.29) is 0 Å². The second-order valence-electron chi connectivity index (χ2n) is 7.37. The largest absolute Gasteiger partial charge is 0.497 e. The van der Waals surface area contributed by atoms with Gasteiger partial charge in [0.2, 0.25) is 0 Å². The van der Waals surface area contributed by atoms with Crippen molar-refractivity contribution >= 4 is 5.96 Å². The molecule has 4 rings (SSSR count). The van der Waals surface area contributed by atoms with Crippen molar-refractivity contribution in [2.75, 3.05) is 26.7 Å². The van der Waals surface area contributed by atoms with E-state index in [1.165, 1.54) is 5.56 Å². The van der Waals surface area contributed by atoms with Crippen LogP contribution in [-0.4, -0.2) is 52.1 Å². The number of rotatable bonds is 6. The molecule has 156 valence electrons. The molecular weight excluding hydrogens is 376 g/mol. The van der Waals surface area contributed by atoms with Crippen LogP contribution in [0.2, 0.25) is 0 Å². The SMILES string of the molecule is CCNC(=NCc1ccc(-n2ccnc2)nc1)N1CCC(c2ccc(OC)cc2)C1. The van der Waals surface area contributed by atoms with Gasteiger partial charge in [0.1, 0.15) is 17.9 Å². The third kappa shape index (κ3) is 4.62. The first-order valence-electron chi connectivity index (χ1n) is 10.4. The van der Waals surface area contributed by atoms with Crippen molar-refractivity contribution in [3.8, 4) is 11.6 Å². The summed E-state index contributed by atoms with van der Waals surface area (Å²) >= 11 is 0. The third-order valence-electron chi connectivity index (χ3n) is 5.40. The highest BCUT2D eigenvalue weighted by Crippen LogP contribution is 2.28. The van der Waals surface area contributed by atoms with Gasteiger partial charge in [-0.3, -0.25) is 4.57 Å². The number of hydrogen-bond acceptors (Lipinski definition) is 4. The third-order valence-corrected chi connectivity index (χ3v) is 5.40. The smallest absolute Gasteiger partial charge is 0.194 e. The summed E-state index contributed by atoms with van der Waals surface area (Å²) in [4.78, 5) is 15.8. The highest BCUT2D eigenvalue weighted by molar-refractivity contribution is 5.80. The highest BCUT2D eigenvalue weighted by atomic mass is 16.5. The van der Waals surface area contributed by atoms with Crippen LogP contribution in [0.4, 0.5) is 0 Å². The standard InChI is InChI=1S/C23H28N6O/c1-3-25-23(27-15-18-4-9-22(26-14-18)29-13-11-24-17-29)28-12-10-20(16-28)19-5-7-21(30-2)8-6-19/h4-9,11,13-14,17,20H,3,10,12,15-16H2,1-2H3,(H,25,27). The zero-order chi connectivity index (χ0) is 20.8. The maximum atomic E-state index is 5.28. The molecule has 30 heavy (non-hydrogen) atoms. The topological polar surface area (TPSA) is 67.6 Å². The maximum Gasteiger partial charge on any atom is 0.194 e. The normalized spacial score (nSPS) is 16.7. The number of guanidine groups is 1. The number of imidazole rings is 1. The molecule has 1 unspecified atom stereocenters. The molecule has 1 aliphatic heterocycles. The van der Waals surface area contributed by atoms with Crippen molar-refractivity contribution in [3.63, 3.8) is 0 Å². The summed E-state index contributed by atoms with van der Waals surface area (Å²) in [5.74, 6) is 3.23. The molecule has 3 heterocycles. The number of pyridine rings is 1. The Balaban J connectivity index is 1.41. The van der Waals surface area contributed by atoms with Crippen molar-refractivity contribution in [1.82, 2.24) is 24.8 Å². The van der Waals surface area contributed by atoms with Crippen LogP contribution in [0, 0.1) is 0 Å². The molecule has 1 saturated heterocycles. The van der Waals surface area contributed by atoms with E-state index in [2.05, 4.69) is 45.3 Å². The van der Waals surface area contributed by atoms with Crippen LogP contribution in [0.1, 0.15) is 30.4 Å². The van der Waals surface area contributed by atoms with Crippen LogP contribution in [-0.2, 0) is 6.54 Å². The Labute approximate surface area is 177 Å². The molecule has 1 N–H and O–H groups in total. The molecule has 3 aromatic rings. The molecule has 7 heteroatoms. The Morgan fingerprint density at radius 2 is 2.10 bits per heavy atom. The molecule has 1 atom stereocenters. The van der Waals surface area contributed by atoms with Crippen molar-refractivity contribution in [2.45, 2.75) is 25.8 Å². The first-order chi connectivity index (χ1) is 14.8. The van der Waals surface area contributed by atoms with E-state index in [0.717, 1.165) is 49.1 Å². The minimum absolute atomic E-state index is 0.510. The number of benzene rings is 1. The molecule has 0 bridgehead atoms. The van der Waals surface area contributed by atoms with Gasteiger partial charge < -0.3 is 15.0 Å². The minimum atomic E-state index is 0.510. The summed E-state index contributed by atoms with van der Waals surface area (Å²) in [7, 11) is 1.70. The summed E-state index contributed by atoms with van der Waals surface area (Å²) < 4.78 is 7.17. The van der Waals surface area contributed by atoms with E-state index in [1.54, 1.807) is 19.6 Å². The molecule has 0 radical (unpaired) electrons. The van der Waals surface area contributed by atoms with Gasteiger partial charge in [-0.05, 0) is 42.7 Å². The van der Waals surface area contributed by atoms with Crippen LogP contribution < -0.4 is 10.1 Å². The van der Waals surface area contributed by atoms with Crippen LogP contribution in [0.3, 0.4) is 0 Å². The lowest BCUT2D eigenvalue weighted by atomic mass is 9.98. The quantitative estimate of drug-likeness (QED) is 0.505. The highest BCUT2D eigenvalue weighted by Gasteiger charge is 2.26. The Kier molecular flexibility index (Phi) is 6.27. The Hall–Kier alpha value is -3.35. The van der Waals surface area contributed by atoms with Gasteiger partial charge in [0, 0.05) is 44.1 Å². The van der Waals surface area contributed by atoms with E-state index in [9.17, 15) is 0 Å². The number of methoxy groups -OCH3 is 1. The molecule has 0 aliphatic carbocycles. The number of nitrogens with one attached hydrogen (secondary N) is 1. The Morgan fingerprint density at radius 3 is 2.77 bits per heavy atom. The summed E-state index contributed by atoms with van der Waals surface area (Å²) in [6, 6.07) is 12.5. The molecule has 2 aromatic heterocycles. The number of aliphatic imine (C=N–C) groups is 1. The zero-order valence-electron chi connectivity index (χ0n) is 17.5. The number of nitrogens with zero attached hydrogens (tertiary/aromatic N) is 5. The second kappa shape index (κ2) is 9.43. The van der Waals surface area contributed by atoms with Crippen LogP contribution in [0.15, 0.2) is 66.3 Å². The molecule has 0 saturated carbocycles. The Morgan fingerprint density at radius 1 is 1.23 bits per heavy atom. The maximum absolute atomic E-state index is 5.28. The number of ether oxygens (including phenoxy) is 1. The summed E-state index contributed by atoms with van der Waals surface area (Å²) in [6.07, 6.45) is 8.38. The van der Waals surface area contributed by atoms with Crippen LogP contribution >= 0.6 is 0 Å². The first kappa shape index (κ1) is 19.9. The van der Waals surface area contributed by atoms with Gasteiger partial charge in [0.25, 0.3) is 0 Å². The van der Waals surface area contributed by atoms with Gasteiger partial charge >= 0.3 is 0 Å². The van der Waals surface area contributed by atoms with E-state index < -0.39 is 0 Å². The van der Waals surface area contributed by atoms with Gasteiger partial charge in [0.15, 0.2) is 5.96 Å². The van der Waals surface area contributed by atoms with Gasteiger partial charge in [-0.25, -0.2) is 15.0 Å². The number of likely N-dealkylation sites (tertiary alicyclic amines) is 1. The fourth-order valence-corrected chi connectivity index (χ4v) is 3.75.